The van der Waals surface area contributed by atoms with E-state index in [2.05, 4.69) is 10.3 Å². The quantitative estimate of drug-likeness (QED) is 0.624. The zero-order chi connectivity index (χ0) is 21.9. The van der Waals surface area contributed by atoms with Crippen LogP contribution in [0.1, 0.15) is 53.1 Å². The van der Waals surface area contributed by atoms with Gasteiger partial charge in [0.15, 0.2) is 0 Å². The van der Waals surface area contributed by atoms with Gasteiger partial charge in [-0.1, -0.05) is 17.7 Å². The van der Waals surface area contributed by atoms with E-state index in [1.165, 1.54) is 4.31 Å². The van der Waals surface area contributed by atoms with Crippen LogP contribution in [0.2, 0.25) is 0 Å². The Bertz CT molecular complexity index is 991. The van der Waals surface area contributed by atoms with Gasteiger partial charge in [0.1, 0.15) is 6.04 Å². The van der Waals surface area contributed by atoms with Gasteiger partial charge >= 0.3 is 0 Å². The molecule has 1 aromatic carbocycles. The number of aryl methyl sites for hydroxylation is 5. The molecule has 1 aromatic heterocycles. The molecule has 1 unspecified atom stereocenters. The minimum absolute atomic E-state index is 0.191. The molecule has 1 amide bonds. The molecular formula is C22H31N3O3S2. The van der Waals surface area contributed by atoms with Crippen LogP contribution >= 0.6 is 11.3 Å². The lowest BCUT2D eigenvalue weighted by Crippen LogP contribution is -2.46. The fraction of sp³-hybridized carbons (Fsp3) is 0.545. The molecular weight excluding hydrogens is 418 g/mol. The van der Waals surface area contributed by atoms with Gasteiger partial charge < -0.3 is 5.32 Å². The van der Waals surface area contributed by atoms with Gasteiger partial charge in [-0.15, -0.1) is 11.3 Å². The average Bonchev–Trinajstić information content (AvgIpc) is 3.29. The van der Waals surface area contributed by atoms with Crippen LogP contribution in [0.4, 0.5) is 0 Å². The van der Waals surface area contributed by atoms with Gasteiger partial charge in [0.2, 0.25) is 15.9 Å². The van der Waals surface area contributed by atoms with E-state index in [0.717, 1.165) is 46.7 Å². The summed E-state index contributed by atoms with van der Waals surface area (Å²) in [4.78, 5) is 17.6. The monoisotopic (exact) mass is 449 g/mol. The highest BCUT2D eigenvalue weighted by Gasteiger charge is 2.40. The number of unbranched alkanes of at least 4 members (excludes halogenated alkanes) is 1. The fourth-order valence-electron chi connectivity index (χ4n) is 4.23. The van der Waals surface area contributed by atoms with Gasteiger partial charge in [-0.2, -0.15) is 4.31 Å². The number of aromatic nitrogens is 1. The molecule has 2 heterocycles. The molecule has 0 spiro atoms. The molecule has 6 nitrogen and oxygen atoms in total. The lowest BCUT2D eigenvalue weighted by Gasteiger charge is -2.25. The second-order valence-corrected chi connectivity index (χ2v) is 10.9. The number of thiazole rings is 1. The Labute approximate surface area is 183 Å². The topological polar surface area (TPSA) is 79.4 Å². The maximum absolute atomic E-state index is 13.4. The zero-order valence-corrected chi connectivity index (χ0v) is 19.8. The van der Waals surface area contributed by atoms with Crippen molar-refractivity contribution in [3.63, 3.8) is 0 Å². The number of hydrogen-bond acceptors (Lipinski definition) is 5. The Morgan fingerprint density at radius 1 is 1.20 bits per heavy atom. The standard InChI is InChI=1S/C22H31N3O3S2/c1-15-12-16(2)21(17(3)13-15)30(27,28)25-11-7-8-19(25)22(26)23-10-6-5-9-20-24-18(4)14-29-20/h12-14,19H,5-11H2,1-4H3,(H,23,26). The summed E-state index contributed by atoms with van der Waals surface area (Å²) in [6.45, 7) is 8.52. The van der Waals surface area contributed by atoms with Crippen molar-refractivity contribution in [1.29, 1.82) is 0 Å². The number of amides is 1. The van der Waals surface area contributed by atoms with Crippen molar-refractivity contribution in [3.05, 3.63) is 44.9 Å². The maximum Gasteiger partial charge on any atom is 0.244 e. The van der Waals surface area contributed by atoms with Crippen LogP contribution in [0, 0.1) is 27.7 Å². The fourth-order valence-corrected chi connectivity index (χ4v) is 7.12. The first-order valence-corrected chi connectivity index (χ1v) is 12.8. The largest absolute Gasteiger partial charge is 0.355 e. The Balaban J connectivity index is 1.60. The smallest absolute Gasteiger partial charge is 0.244 e. The summed E-state index contributed by atoms with van der Waals surface area (Å²) in [6.07, 6.45) is 3.96. The summed E-state index contributed by atoms with van der Waals surface area (Å²) in [5.74, 6) is -0.191. The van der Waals surface area contributed by atoms with Crippen molar-refractivity contribution in [2.45, 2.75) is 70.7 Å². The molecule has 0 radical (unpaired) electrons. The van der Waals surface area contributed by atoms with Crippen LogP contribution < -0.4 is 5.32 Å². The molecule has 164 valence electrons. The Kier molecular flexibility index (Phi) is 7.31. The summed E-state index contributed by atoms with van der Waals surface area (Å²) >= 11 is 1.67. The molecule has 1 saturated heterocycles. The third kappa shape index (κ3) is 5.10. The molecule has 0 bridgehead atoms. The van der Waals surface area contributed by atoms with E-state index in [9.17, 15) is 13.2 Å². The molecule has 1 atom stereocenters. The molecule has 0 aliphatic carbocycles. The summed E-state index contributed by atoms with van der Waals surface area (Å²) in [5.41, 5.74) is 3.55. The van der Waals surface area contributed by atoms with Crippen molar-refractivity contribution in [1.82, 2.24) is 14.6 Å². The summed E-state index contributed by atoms with van der Waals surface area (Å²) < 4.78 is 28.1. The minimum atomic E-state index is -3.71. The van der Waals surface area contributed by atoms with Gasteiger partial charge in [-0.25, -0.2) is 13.4 Å². The van der Waals surface area contributed by atoms with Gasteiger partial charge in [-0.3, -0.25) is 4.79 Å². The Morgan fingerprint density at radius 3 is 2.53 bits per heavy atom. The van der Waals surface area contributed by atoms with Crippen LogP contribution in [0.25, 0.3) is 0 Å². The SMILES string of the molecule is Cc1cc(C)c(S(=O)(=O)N2CCCC2C(=O)NCCCCc2nc(C)cs2)c(C)c1. The minimum Gasteiger partial charge on any atom is -0.355 e. The highest BCUT2D eigenvalue weighted by Crippen LogP contribution is 2.30. The average molecular weight is 450 g/mol. The van der Waals surface area contributed by atoms with Crippen molar-refractivity contribution >= 4 is 27.3 Å². The van der Waals surface area contributed by atoms with Crippen molar-refractivity contribution in [2.75, 3.05) is 13.1 Å². The van der Waals surface area contributed by atoms with E-state index < -0.39 is 16.1 Å². The molecule has 1 fully saturated rings. The number of rotatable bonds is 8. The zero-order valence-electron chi connectivity index (χ0n) is 18.2. The van der Waals surface area contributed by atoms with E-state index in [0.29, 0.717) is 30.8 Å². The second kappa shape index (κ2) is 9.58. The number of carbonyl (C=O) groups is 1. The van der Waals surface area contributed by atoms with Crippen LogP contribution in [0.5, 0.6) is 0 Å². The van der Waals surface area contributed by atoms with Crippen LogP contribution in [-0.4, -0.2) is 42.7 Å². The van der Waals surface area contributed by atoms with E-state index in [4.69, 9.17) is 0 Å². The van der Waals surface area contributed by atoms with Gasteiger partial charge in [-0.05, 0) is 70.9 Å². The number of nitrogens with zero attached hydrogens (tertiary/aromatic N) is 2. The lowest BCUT2D eigenvalue weighted by atomic mass is 10.1. The van der Waals surface area contributed by atoms with Crippen molar-refractivity contribution in [2.24, 2.45) is 0 Å². The van der Waals surface area contributed by atoms with Crippen molar-refractivity contribution in [3.8, 4) is 0 Å². The molecule has 1 aliphatic rings. The number of carbonyl (C=O) groups excluding carboxylic acids is 1. The van der Waals surface area contributed by atoms with E-state index in [1.807, 2.05) is 45.2 Å². The van der Waals surface area contributed by atoms with Crippen LogP contribution in [0.15, 0.2) is 22.4 Å². The number of sulfonamides is 1. The molecule has 1 aliphatic heterocycles. The Morgan fingerprint density at radius 2 is 1.90 bits per heavy atom. The molecule has 0 saturated carbocycles. The van der Waals surface area contributed by atoms with Crippen LogP contribution in [0.3, 0.4) is 0 Å². The molecule has 2 aromatic rings. The van der Waals surface area contributed by atoms with Gasteiger partial charge in [0.05, 0.1) is 9.90 Å². The number of hydrogen-bond donors (Lipinski definition) is 1. The molecule has 30 heavy (non-hydrogen) atoms. The number of nitrogens with one attached hydrogen (secondary N) is 1. The first kappa shape index (κ1) is 22.9. The first-order valence-electron chi connectivity index (χ1n) is 10.5. The molecule has 3 rings (SSSR count). The first-order chi connectivity index (χ1) is 14.2. The summed E-state index contributed by atoms with van der Waals surface area (Å²) in [7, 11) is -3.71. The van der Waals surface area contributed by atoms with E-state index in [1.54, 1.807) is 11.3 Å². The van der Waals surface area contributed by atoms with E-state index in [-0.39, 0.29) is 5.91 Å². The highest BCUT2D eigenvalue weighted by molar-refractivity contribution is 7.89. The molecule has 8 heteroatoms. The predicted molar refractivity (Wildman–Crippen MR) is 120 cm³/mol. The lowest BCUT2D eigenvalue weighted by molar-refractivity contribution is -0.124. The maximum atomic E-state index is 13.4. The predicted octanol–water partition coefficient (Wildman–Crippen LogP) is 3.67. The Hall–Kier alpha value is -1.77. The van der Waals surface area contributed by atoms with Gasteiger partial charge in [0, 0.05) is 24.2 Å². The van der Waals surface area contributed by atoms with Gasteiger partial charge in [0.25, 0.3) is 0 Å². The highest BCUT2D eigenvalue weighted by atomic mass is 32.2. The summed E-state index contributed by atoms with van der Waals surface area (Å²) in [5, 5.41) is 6.11. The third-order valence-corrected chi connectivity index (χ3v) is 8.70. The second-order valence-electron chi connectivity index (χ2n) is 8.13. The normalized spacial score (nSPS) is 17.4. The number of benzene rings is 1. The third-order valence-electron chi connectivity index (χ3n) is 5.46. The van der Waals surface area contributed by atoms with Crippen molar-refractivity contribution < 1.29 is 13.2 Å². The summed E-state index contributed by atoms with van der Waals surface area (Å²) in [6, 6.07) is 3.14. The van der Waals surface area contributed by atoms with E-state index >= 15 is 0 Å². The van der Waals surface area contributed by atoms with Crippen LogP contribution in [-0.2, 0) is 21.2 Å². The molecule has 1 N–H and O–H groups in total.